The minimum atomic E-state index is 0. The first kappa shape index (κ1) is 18.8. The molecule has 7 heteroatoms. The summed E-state index contributed by atoms with van der Waals surface area (Å²) in [5.74, 6) is 0.785. The number of nitrogens with one attached hydrogen (secondary N) is 2. The van der Waals surface area contributed by atoms with Crippen LogP contribution < -0.4 is 10.6 Å². The van der Waals surface area contributed by atoms with Gasteiger partial charge >= 0.3 is 0 Å². The molecule has 120 valence electrons. The molecule has 0 spiro atoms. The van der Waals surface area contributed by atoms with E-state index in [-0.39, 0.29) is 24.0 Å². The van der Waals surface area contributed by atoms with Crippen molar-refractivity contribution in [1.82, 2.24) is 20.4 Å². The molecule has 0 saturated carbocycles. The van der Waals surface area contributed by atoms with Crippen molar-refractivity contribution in [1.29, 1.82) is 0 Å². The van der Waals surface area contributed by atoms with Crippen LogP contribution in [0, 0.1) is 0 Å². The van der Waals surface area contributed by atoms with E-state index in [1.807, 2.05) is 43.7 Å². The van der Waals surface area contributed by atoms with Gasteiger partial charge in [-0.15, -0.1) is 24.0 Å². The molecule has 0 unspecified atom stereocenters. The number of nitrogens with zero attached hydrogens (tertiary/aromatic N) is 3. The summed E-state index contributed by atoms with van der Waals surface area (Å²) in [4.78, 5) is 4.20. The van der Waals surface area contributed by atoms with Gasteiger partial charge in [0, 0.05) is 44.0 Å². The van der Waals surface area contributed by atoms with Crippen LogP contribution in [-0.2, 0) is 20.0 Å². The first-order chi connectivity index (χ1) is 10.2. The number of guanidine groups is 1. The number of aryl methyl sites for hydroxylation is 1. The average molecular weight is 434 g/mol. The van der Waals surface area contributed by atoms with Gasteiger partial charge in [-0.25, -0.2) is 0 Å². The van der Waals surface area contributed by atoms with Crippen molar-refractivity contribution < 1.29 is 0 Å². The van der Waals surface area contributed by atoms with E-state index in [0.717, 1.165) is 29.5 Å². The highest BCUT2D eigenvalue weighted by molar-refractivity contribution is 14.0. The summed E-state index contributed by atoms with van der Waals surface area (Å²) >= 11 is 5.87. The summed E-state index contributed by atoms with van der Waals surface area (Å²) < 4.78 is 1.79. The van der Waals surface area contributed by atoms with Gasteiger partial charge in [0.2, 0.25) is 0 Å². The number of aromatic nitrogens is 2. The molecule has 2 rings (SSSR count). The lowest BCUT2D eigenvalue weighted by Gasteiger charge is -2.11. The summed E-state index contributed by atoms with van der Waals surface area (Å²) in [5, 5.41) is 11.4. The third-order valence-corrected chi connectivity index (χ3v) is 3.31. The van der Waals surface area contributed by atoms with Gasteiger partial charge in [0.1, 0.15) is 0 Å². The fourth-order valence-electron chi connectivity index (χ4n) is 1.95. The van der Waals surface area contributed by atoms with Gasteiger partial charge in [-0.1, -0.05) is 23.7 Å². The van der Waals surface area contributed by atoms with Gasteiger partial charge in [-0.05, 0) is 24.1 Å². The smallest absolute Gasteiger partial charge is 0.191 e. The highest BCUT2D eigenvalue weighted by Crippen LogP contribution is 2.09. The van der Waals surface area contributed by atoms with Crippen LogP contribution >= 0.6 is 35.6 Å². The van der Waals surface area contributed by atoms with Crippen LogP contribution in [0.15, 0.2) is 41.7 Å². The lowest BCUT2D eigenvalue weighted by atomic mass is 10.1. The van der Waals surface area contributed by atoms with E-state index in [4.69, 9.17) is 11.6 Å². The van der Waals surface area contributed by atoms with E-state index < -0.39 is 0 Å². The molecule has 0 aliphatic carbocycles. The van der Waals surface area contributed by atoms with E-state index in [9.17, 15) is 0 Å². The standard InChI is InChI=1S/C15H20ClN5.HI/c1-17-15(19-9-13-10-20-21(2)11-13)18-8-7-12-3-5-14(16)6-4-12;/h3-6,10-11H,7-9H2,1-2H3,(H2,17,18,19);1H. The summed E-state index contributed by atoms with van der Waals surface area (Å²) in [6.07, 6.45) is 4.74. The van der Waals surface area contributed by atoms with Crippen molar-refractivity contribution in [2.45, 2.75) is 13.0 Å². The van der Waals surface area contributed by atoms with Crippen molar-refractivity contribution in [3.63, 3.8) is 0 Å². The fraction of sp³-hybridized carbons (Fsp3) is 0.333. The van der Waals surface area contributed by atoms with Crippen LogP contribution in [0.25, 0.3) is 0 Å². The minimum Gasteiger partial charge on any atom is -0.356 e. The maximum Gasteiger partial charge on any atom is 0.191 e. The van der Waals surface area contributed by atoms with Gasteiger partial charge in [-0.3, -0.25) is 9.67 Å². The number of halogens is 2. The summed E-state index contributed by atoms with van der Waals surface area (Å²) in [5.41, 5.74) is 2.37. The monoisotopic (exact) mass is 433 g/mol. The average Bonchev–Trinajstić information content (AvgIpc) is 2.90. The first-order valence-electron chi connectivity index (χ1n) is 6.84. The lowest BCUT2D eigenvalue weighted by molar-refractivity contribution is 0.764. The molecule has 0 fully saturated rings. The highest BCUT2D eigenvalue weighted by Gasteiger charge is 2.00. The van der Waals surface area contributed by atoms with E-state index in [2.05, 4.69) is 20.7 Å². The van der Waals surface area contributed by atoms with Crippen LogP contribution in [0.1, 0.15) is 11.1 Å². The van der Waals surface area contributed by atoms with Crippen LogP contribution in [0.3, 0.4) is 0 Å². The zero-order chi connectivity index (χ0) is 15.1. The molecule has 0 aliphatic heterocycles. The Kier molecular flexibility index (Phi) is 8.26. The van der Waals surface area contributed by atoms with Crippen LogP contribution in [0.5, 0.6) is 0 Å². The third kappa shape index (κ3) is 6.23. The summed E-state index contributed by atoms with van der Waals surface area (Å²) in [7, 11) is 3.67. The molecule has 0 amide bonds. The van der Waals surface area contributed by atoms with E-state index in [0.29, 0.717) is 6.54 Å². The summed E-state index contributed by atoms with van der Waals surface area (Å²) in [6, 6.07) is 7.89. The van der Waals surface area contributed by atoms with Gasteiger partial charge in [0.05, 0.1) is 6.20 Å². The van der Waals surface area contributed by atoms with Crippen molar-refractivity contribution in [3.8, 4) is 0 Å². The predicted octanol–water partition coefficient (Wildman–Crippen LogP) is 2.60. The largest absolute Gasteiger partial charge is 0.356 e. The Hall–Kier alpha value is -1.28. The highest BCUT2D eigenvalue weighted by atomic mass is 127. The zero-order valence-electron chi connectivity index (χ0n) is 12.7. The SMILES string of the molecule is CN=C(NCCc1ccc(Cl)cc1)NCc1cnn(C)c1.I. The van der Waals surface area contributed by atoms with Gasteiger partial charge in [0.25, 0.3) is 0 Å². The van der Waals surface area contributed by atoms with Crippen LogP contribution in [0.2, 0.25) is 5.02 Å². The number of hydrogen-bond acceptors (Lipinski definition) is 2. The second-order valence-electron chi connectivity index (χ2n) is 4.75. The van der Waals surface area contributed by atoms with Crippen LogP contribution in [0.4, 0.5) is 0 Å². The second-order valence-corrected chi connectivity index (χ2v) is 5.19. The quantitative estimate of drug-likeness (QED) is 0.433. The molecule has 1 aromatic carbocycles. The van der Waals surface area contributed by atoms with E-state index in [1.54, 1.807) is 11.7 Å². The Morgan fingerprint density at radius 2 is 1.95 bits per heavy atom. The molecule has 0 atom stereocenters. The number of benzene rings is 1. The molecule has 0 bridgehead atoms. The Balaban J connectivity index is 0.00000242. The molecule has 0 saturated heterocycles. The summed E-state index contributed by atoms with van der Waals surface area (Å²) in [6.45, 7) is 1.52. The van der Waals surface area contributed by atoms with Crippen molar-refractivity contribution in [3.05, 3.63) is 52.8 Å². The molecule has 5 nitrogen and oxygen atoms in total. The number of hydrogen-bond donors (Lipinski definition) is 2. The maximum absolute atomic E-state index is 5.87. The Morgan fingerprint density at radius 1 is 1.23 bits per heavy atom. The molecular weight excluding hydrogens is 413 g/mol. The van der Waals surface area contributed by atoms with Gasteiger partial charge in [0.15, 0.2) is 5.96 Å². The van der Waals surface area contributed by atoms with Gasteiger partial charge < -0.3 is 10.6 Å². The molecule has 0 aliphatic rings. The second kappa shape index (κ2) is 9.68. The first-order valence-corrected chi connectivity index (χ1v) is 7.21. The van der Waals surface area contributed by atoms with Crippen LogP contribution in [-0.4, -0.2) is 29.3 Å². The maximum atomic E-state index is 5.87. The fourth-order valence-corrected chi connectivity index (χ4v) is 2.07. The number of rotatable bonds is 5. The van der Waals surface area contributed by atoms with Crippen molar-refractivity contribution in [2.24, 2.45) is 12.0 Å². The third-order valence-electron chi connectivity index (χ3n) is 3.06. The normalized spacial score (nSPS) is 11.0. The van der Waals surface area contributed by atoms with Gasteiger partial charge in [-0.2, -0.15) is 5.10 Å². The molecule has 1 aromatic heterocycles. The van der Waals surface area contributed by atoms with Crippen molar-refractivity contribution in [2.75, 3.05) is 13.6 Å². The minimum absolute atomic E-state index is 0. The van der Waals surface area contributed by atoms with E-state index in [1.165, 1.54) is 5.56 Å². The molecule has 22 heavy (non-hydrogen) atoms. The molecular formula is C15H21ClIN5. The molecule has 2 N–H and O–H groups in total. The molecule has 0 radical (unpaired) electrons. The molecule has 2 aromatic rings. The Labute approximate surface area is 153 Å². The van der Waals surface area contributed by atoms with E-state index >= 15 is 0 Å². The Bertz CT molecular complexity index is 594. The topological polar surface area (TPSA) is 54.2 Å². The van der Waals surface area contributed by atoms with Crippen molar-refractivity contribution >= 4 is 41.5 Å². The number of aliphatic imine (C=N–C) groups is 1. The predicted molar refractivity (Wildman–Crippen MR) is 102 cm³/mol. The Morgan fingerprint density at radius 3 is 2.55 bits per heavy atom. The molecule has 1 heterocycles. The lowest BCUT2D eigenvalue weighted by Crippen LogP contribution is -2.37. The zero-order valence-corrected chi connectivity index (χ0v) is 15.8.